The van der Waals surface area contributed by atoms with Crippen molar-refractivity contribution < 1.29 is 32.5 Å². The number of likely N-dealkylation sites (N-methyl/N-ethyl adjacent to an activating group) is 1. The SMILES string of the molecule is CCCCCCCCCCCCCCCCCCCC(=O)NCC(COP(=O)(O)OCC[N+](C)(C)C)OCCCCCCCCC. The molecule has 0 aromatic carbocycles. The van der Waals surface area contributed by atoms with Gasteiger partial charge in [-0.05, 0) is 12.8 Å². The van der Waals surface area contributed by atoms with Crippen molar-refractivity contribution in [2.24, 2.45) is 0 Å². The number of amides is 1. The van der Waals surface area contributed by atoms with Gasteiger partial charge in [-0.1, -0.05) is 155 Å². The van der Waals surface area contributed by atoms with Crippen LogP contribution in [-0.4, -0.2) is 75.4 Å². The van der Waals surface area contributed by atoms with Crippen LogP contribution < -0.4 is 5.32 Å². The smallest absolute Gasteiger partial charge is 0.374 e. The number of phosphoric acid groups is 1. The first-order chi connectivity index (χ1) is 22.1. The van der Waals surface area contributed by atoms with E-state index in [1.165, 1.54) is 128 Å². The number of hydrogen-bond acceptors (Lipinski definition) is 5. The highest BCUT2D eigenvalue weighted by Crippen LogP contribution is 2.43. The molecule has 2 unspecified atom stereocenters. The zero-order valence-electron chi connectivity index (χ0n) is 31.2. The van der Waals surface area contributed by atoms with Crippen molar-refractivity contribution in [2.45, 2.75) is 180 Å². The monoisotopic (exact) mass is 678 g/mol. The second-order valence-electron chi connectivity index (χ2n) is 14.4. The van der Waals surface area contributed by atoms with Gasteiger partial charge in [-0.25, -0.2) is 4.57 Å². The number of quaternary nitrogens is 1. The molecule has 2 atom stereocenters. The molecule has 0 fully saturated rings. The molecule has 0 aliphatic heterocycles. The van der Waals surface area contributed by atoms with Gasteiger partial charge < -0.3 is 19.4 Å². The number of phosphoric ester groups is 1. The van der Waals surface area contributed by atoms with E-state index < -0.39 is 13.9 Å². The Hall–Kier alpha value is -0.500. The molecule has 9 heteroatoms. The summed E-state index contributed by atoms with van der Waals surface area (Å²) in [5.41, 5.74) is 0. The second kappa shape index (κ2) is 31.7. The van der Waals surface area contributed by atoms with Gasteiger partial charge in [0, 0.05) is 19.6 Å². The van der Waals surface area contributed by atoms with E-state index in [-0.39, 0.29) is 25.7 Å². The van der Waals surface area contributed by atoms with Gasteiger partial charge in [0.05, 0.1) is 33.9 Å². The second-order valence-corrected chi connectivity index (χ2v) is 15.9. The highest BCUT2D eigenvalue weighted by Gasteiger charge is 2.25. The van der Waals surface area contributed by atoms with Crippen LogP contribution >= 0.6 is 7.82 Å². The summed E-state index contributed by atoms with van der Waals surface area (Å²) in [7, 11) is 1.78. The van der Waals surface area contributed by atoms with Crippen molar-refractivity contribution in [1.82, 2.24) is 5.32 Å². The minimum Gasteiger partial charge on any atom is -0.374 e. The van der Waals surface area contributed by atoms with Crippen LogP contribution in [0.5, 0.6) is 0 Å². The maximum Gasteiger partial charge on any atom is 0.472 e. The van der Waals surface area contributed by atoms with E-state index >= 15 is 0 Å². The van der Waals surface area contributed by atoms with E-state index in [4.69, 9.17) is 13.8 Å². The zero-order valence-corrected chi connectivity index (χ0v) is 32.1. The standard InChI is InChI=1S/C37H77N2O6P/c1-6-8-10-12-14-15-16-17-18-19-20-21-22-23-24-26-28-30-37(40)38-34-36(43-32-29-27-25-13-11-9-7-2)35-45-46(41,42)44-33-31-39(3,4)5/h36H,6-35H2,1-5H3,(H-,38,40,41,42)/p+1. The van der Waals surface area contributed by atoms with Crippen LogP contribution in [0.25, 0.3) is 0 Å². The molecule has 276 valence electrons. The van der Waals surface area contributed by atoms with Gasteiger partial charge in [-0.3, -0.25) is 13.8 Å². The minimum atomic E-state index is -4.19. The molecule has 1 amide bonds. The van der Waals surface area contributed by atoms with Gasteiger partial charge in [0.1, 0.15) is 13.2 Å². The fraction of sp³-hybridized carbons (Fsp3) is 0.973. The number of ether oxygens (including phenoxy) is 1. The van der Waals surface area contributed by atoms with Gasteiger partial charge in [-0.15, -0.1) is 0 Å². The minimum absolute atomic E-state index is 0.00291. The van der Waals surface area contributed by atoms with E-state index in [9.17, 15) is 14.3 Å². The van der Waals surface area contributed by atoms with Crippen molar-refractivity contribution >= 4 is 13.7 Å². The van der Waals surface area contributed by atoms with Crippen molar-refractivity contribution in [1.29, 1.82) is 0 Å². The first-order valence-electron chi connectivity index (χ1n) is 19.4. The van der Waals surface area contributed by atoms with Crippen LogP contribution in [-0.2, 0) is 23.1 Å². The molecule has 0 spiro atoms. The number of hydrogen-bond donors (Lipinski definition) is 2. The number of nitrogens with zero attached hydrogens (tertiary/aromatic N) is 1. The maximum atomic E-state index is 12.5. The van der Waals surface area contributed by atoms with E-state index in [0.29, 0.717) is 24.1 Å². The average molecular weight is 678 g/mol. The highest BCUT2D eigenvalue weighted by atomic mass is 31.2. The summed E-state index contributed by atoms with van der Waals surface area (Å²) < 4.78 is 29.4. The van der Waals surface area contributed by atoms with Crippen LogP contribution in [0.15, 0.2) is 0 Å². The van der Waals surface area contributed by atoms with Crippen LogP contribution in [0, 0.1) is 0 Å². The molecule has 8 nitrogen and oxygen atoms in total. The average Bonchev–Trinajstić information content (AvgIpc) is 3.00. The van der Waals surface area contributed by atoms with E-state index in [0.717, 1.165) is 25.7 Å². The molecule has 0 heterocycles. The molecule has 46 heavy (non-hydrogen) atoms. The number of nitrogens with one attached hydrogen (secondary N) is 1. The number of unbranched alkanes of at least 4 members (excludes halogenated alkanes) is 22. The van der Waals surface area contributed by atoms with Crippen LogP contribution in [0.2, 0.25) is 0 Å². The van der Waals surface area contributed by atoms with Crippen molar-refractivity contribution in [3.05, 3.63) is 0 Å². The van der Waals surface area contributed by atoms with Gasteiger partial charge >= 0.3 is 7.82 Å². The Kier molecular flexibility index (Phi) is 31.4. The summed E-state index contributed by atoms with van der Waals surface area (Å²) in [6.07, 6.45) is 30.6. The maximum absolute atomic E-state index is 12.5. The molecule has 0 aliphatic carbocycles. The number of rotatable bonds is 36. The van der Waals surface area contributed by atoms with E-state index in [1.807, 2.05) is 21.1 Å². The van der Waals surface area contributed by atoms with Crippen LogP contribution in [0.3, 0.4) is 0 Å². The summed E-state index contributed by atoms with van der Waals surface area (Å²) >= 11 is 0. The topological polar surface area (TPSA) is 94.1 Å². The summed E-state index contributed by atoms with van der Waals surface area (Å²) in [4.78, 5) is 22.6. The van der Waals surface area contributed by atoms with Crippen molar-refractivity contribution in [2.75, 3.05) is 54.1 Å². The Bertz CT molecular complexity index is 718. The molecule has 0 aromatic rings. The lowest BCUT2D eigenvalue weighted by atomic mass is 10.0. The molecule has 0 radical (unpaired) electrons. The molecular formula is C37H78N2O6P+. The molecular weight excluding hydrogens is 599 g/mol. The summed E-state index contributed by atoms with van der Waals surface area (Å²) in [6.45, 7) is 5.89. The Morgan fingerprint density at radius 2 is 1.04 bits per heavy atom. The quantitative estimate of drug-likeness (QED) is 0.0389. The third kappa shape index (κ3) is 34.8. The first-order valence-corrected chi connectivity index (χ1v) is 20.9. The van der Waals surface area contributed by atoms with E-state index in [2.05, 4.69) is 19.2 Å². The normalized spacial score (nSPS) is 14.0. The molecule has 0 bridgehead atoms. The van der Waals surface area contributed by atoms with Gasteiger partial charge in [0.25, 0.3) is 0 Å². The predicted molar refractivity (Wildman–Crippen MR) is 194 cm³/mol. The first kappa shape index (κ1) is 45.5. The van der Waals surface area contributed by atoms with Crippen LogP contribution in [0.4, 0.5) is 0 Å². The number of carbonyl (C=O) groups excluding carboxylic acids is 1. The third-order valence-corrected chi connectivity index (χ3v) is 9.56. The molecule has 0 aromatic heterocycles. The Morgan fingerprint density at radius 1 is 0.630 bits per heavy atom. The summed E-state index contributed by atoms with van der Waals surface area (Å²) in [5, 5.41) is 2.95. The zero-order chi connectivity index (χ0) is 34.2. The van der Waals surface area contributed by atoms with Crippen molar-refractivity contribution in [3.8, 4) is 0 Å². The van der Waals surface area contributed by atoms with Gasteiger partial charge in [0.15, 0.2) is 0 Å². The Morgan fingerprint density at radius 3 is 1.48 bits per heavy atom. The molecule has 0 saturated carbocycles. The molecule has 0 saturated heterocycles. The summed E-state index contributed by atoms with van der Waals surface area (Å²) in [5.74, 6) is -0.00291. The lowest BCUT2D eigenvalue weighted by Crippen LogP contribution is -2.37. The highest BCUT2D eigenvalue weighted by molar-refractivity contribution is 7.47. The lowest BCUT2D eigenvalue weighted by molar-refractivity contribution is -0.870. The molecule has 0 aliphatic rings. The molecule has 0 rings (SSSR count). The van der Waals surface area contributed by atoms with Gasteiger partial charge in [0.2, 0.25) is 5.91 Å². The lowest BCUT2D eigenvalue weighted by Gasteiger charge is -2.24. The Labute approximate surface area is 285 Å². The third-order valence-electron chi connectivity index (χ3n) is 8.58. The van der Waals surface area contributed by atoms with Crippen molar-refractivity contribution in [3.63, 3.8) is 0 Å². The largest absolute Gasteiger partial charge is 0.472 e. The van der Waals surface area contributed by atoms with Crippen LogP contribution in [0.1, 0.15) is 174 Å². The predicted octanol–water partition coefficient (Wildman–Crippen LogP) is 10.1. The Balaban J connectivity index is 4.08. The number of carbonyl (C=O) groups is 1. The fourth-order valence-electron chi connectivity index (χ4n) is 5.45. The molecule has 2 N–H and O–H groups in total. The van der Waals surface area contributed by atoms with Gasteiger partial charge in [-0.2, -0.15) is 0 Å². The fourth-order valence-corrected chi connectivity index (χ4v) is 6.19. The summed E-state index contributed by atoms with van der Waals surface area (Å²) in [6, 6.07) is 0. The van der Waals surface area contributed by atoms with E-state index in [1.54, 1.807) is 0 Å².